The van der Waals surface area contributed by atoms with Gasteiger partial charge in [-0.25, -0.2) is 0 Å². The first-order chi connectivity index (χ1) is 4.83. The lowest BCUT2D eigenvalue weighted by molar-refractivity contribution is 0.193. The van der Waals surface area contributed by atoms with Gasteiger partial charge in [0.05, 0.1) is 0 Å². The van der Waals surface area contributed by atoms with Crippen LogP contribution in [0.25, 0.3) is 0 Å². The summed E-state index contributed by atoms with van der Waals surface area (Å²) in [5, 5.41) is 8.94. The third-order valence-electron chi connectivity index (χ3n) is 2.90. The van der Waals surface area contributed by atoms with E-state index in [0.29, 0.717) is 17.8 Å². The van der Waals surface area contributed by atoms with Gasteiger partial charge in [0, 0.05) is 18.6 Å². The number of fused-ring (bicyclic) bond motifs is 2. The predicted octanol–water partition coefficient (Wildman–Crippen LogP) is 0.128. The van der Waals surface area contributed by atoms with Gasteiger partial charge < -0.3 is 10.8 Å². The van der Waals surface area contributed by atoms with E-state index in [9.17, 15) is 0 Å². The molecule has 0 amide bonds. The topological polar surface area (TPSA) is 46.2 Å². The summed E-state index contributed by atoms with van der Waals surface area (Å²) >= 11 is 0. The van der Waals surface area contributed by atoms with E-state index < -0.39 is 0 Å². The van der Waals surface area contributed by atoms with Crippen molar-refractivity contribution in [2.75, 3.05) is 6.61 Å². The van der Waals surface area contributed by atoms with Crippen molar-refractivity contribution in [1.29, 1.82) is 0 Å². The average molecular weight is 139 g/mol. The molecule has 0 aromatic carbocycles. The zero-order chi connectivity index (χ0) is 7.14. The first-order valence-electron chi connectivity index (χ1n) is 3.87. The minimum absolute atomic E-state index is 0.222. The number of aliphatic hydroxyl groups is 1. The van der Waals surface area contributed by atoms with Gasteiger partial charge in [-0.05, 0) is 18.3 Å². The molecule has 2 bridgehead atoms. The summed E-state index contributed by atoms with van der Waals surface area (Å²) in [6, 6.07) is 0.222. The van der Waals surface area contributed by atoms with E-state index in [4.69, 9.17) is 10.8 Å². The van der Waals surface area contributed by atoms with E-state index >= 15 is 0 Å². The van der Waals surface area contributed by atoms with Crippen LogP contribution < -0.4 is 5.73 Å². The summed E-state index contributed by atoms with van der Waals surface area (Å²) in [5.74, 6) is 1.47. The molecule has 0 saturated heterocycles. The molecule has 2 nitrogen and oxygen atoms in total. The van der Waals surface area contributed by atoms with Crippen LogP contribution >= 0.6 is 0 Å². The van der Waals surface area contributed by atoms with Crippen LogP contribution in [0, 0.1) is 17.8 Å². The summed E-state index contributed by atoms with van der Waals surface area (Å²) in [7, 11) is 0. The summed E-state index contributed by atoms with van der Waals surface area (Å²) in [5.41, 5.74) is 5.86. The van der Waals surface area contributed by atoms with Gasteiger partial charge in [0.2, 0.25) is 0 Å². The Morgan fingerprint density at radius 2 is 2.10 bits per heavy atom. The lowest BCUT2D eigenvalue weighted by atomic mass is 9.90. The molecule has 0 aromatic rings. The highest BCUT2D eigenvalue weighted by Crippen LogP contribution is 2.42. The maximum absolute atomic E-state index is 8.94. The van der Waals surface area contributed by atoms with Gasteiger partial charge in [0.15, 0.2) is 0 Å². The summed E-state index contributed by atoms with van der Waals surface area (Å²) < 4.78 is 0. The molecular weight excluding hydrogens is 126 g/mol. The molecule has 0 aromatic heterocycles. The first kappa shape index (κ1) is 6.38. The zero-order valence-corrected chi connectivity index (χ0v) is 5.90. The molecular formula is C8H13NO. The second-order valence-electron chi connectivity index (χ2n) is 3.37. The Kier molecular flexibility index (Phi) is 1.32. The van der Waals surface area contributed by atoms with Crippen LogP contribution in [0.2, 0.25) is 0 Å². The van der Waals surface area contributed by atoms with Crippen LogP contribution in [0.4, 0.5) is 0 Å². The lowest BCUT2D eigenvalue weighted by Crippen LogP contribution is -2.35. The van der Waals surface area contributed by atoms with E-state index in [-0.39, 0.29) is 12.6 Å². The van der Waals surface area contributed by atoms with Crippen molar-refractivity contribution in [3.8, 4) is 0 Å². The fraction of sp³-hybridized carbons (Fsp3) is 0.750. The molecule has 2 heteroatoms. The molecule has 0 heterocycles. The van der Waals surface area contributed by atoms with Gasteiger partial charge in [-0.15, -0.1) is 0 Å². The first-order valence-corrected chi connectivity index (χ1v) is 3.87. The lowest BCUT2D eigenvalue weighted by Gasteiger charge is -2.21. The van der Waals surface area contributed by atoms with Crippen molar-refractivity contribution >= 4 is 0 Å². The molecule has 10 heavy (non-hydrogen) atoms. The SMILES string of the molecule is NC1C2C=CC(C2)C1CO. The van der Waals surface area contributed by atoms with Crippen molar-refractivity contribution in [1.82, 2.24) is 0 Å². The van der Waals surface area contributed by atoms with E-state index in [0.717, 1.165) is 0 Å². The molecule has 4 atom stereocenters. The predicted molar refractivity (Wildman–Crippen MR) is 39.3 cm³/mol. The monoisotopic (exact) mass is 139 g/mol. The minimum atomic E-state index is 0.222. The molecule has 2 aliphatic rings. The highest BCUT2D eigenvalue weighted by Gasteiger charge is 2.41. The Bertz CT molecular complexity index is 167. The molecule has 2 rings (SSSR count). The quantitative estimate of drug-likeness (QED) is 0.507. The van der Waals surface area contributed by atoms with E-state index in [1.54, 1.807) is 0 Å². The Labute approximate surface area is 60.7 Å². The van der Waals surface area contributed by atoms with E-state index in [1.165, 1.54) is 6.42 Å². The van der Waals surface area contributed by atoms with Crippen LogP contribution in [0.3, 0.4) is 0 Å². The molecule has 4 unspecified atom stereocenters. The van der Waals surface area contributed by atoms with Gasteiger partial charge in [-0.1, -0.05) is 12.2 Å². The number of hydrogen-bond acceptors (Lipinski definition) is 2. The highest BCUT2D eigenvalue weighted by molar-refractivity contribution is 5.15. The third kappa shape index (κ3) is 0.662. The van der Waals surface area contributed by atoms with Crippen LogP contribution in [-0.2, 0) is 0 Å². The van der Waals surface area contributed by atoms with Crippen LogP contribution in [0.5, 0.6) is 0 Å². The molecule has 0 aliphatic heterocycles. The van der Waals surface area contributed by atoms with Crippen molar-refractivity contribution in [3.63, 3.8) is 0 Å². The number of nitrogens with two attached hydrogens (primary N) is 1. The second-order valence-corrected chi connectivity index (χ2v) is 3.37. The standard InChI is InChI=1S/C8H13NO/c9-8-6-2-1-5(3-6)7(8)4-10/h1-2,5-8,10H,3-4,9H2. The van der Waals surface area contributed by atoms with Crippen molar-refractivity contribution in [2.45, 2.75) is 12.5 Å². The minimum Gasteiger partial charge on any atom is -0.396 e. The Hall–Kier alpha value is -0.340. The maximum Gasteiger partial charge on any atom is 0.0479 e. The van der Waals surface area contributed by atoms with Crippen LogP contribution in [0.15, 0.2) is 12.2 Å². The highest BCUT2D eigenvalue weighted by atomic mass is 16.3. The second kappa shape index (κ2) is 2.07. The zero-order valence-electron chi connectivity index (χ0n) is 5.90. The maximum atomic E-state index is 8.94. The molecule has 0 radical (unpaired) electrons. The number of aliphatic hydroxyl groups excluding tert-OH is 1. The number of allylic oxidation sites excluding steroid dienone is 1. The largest absolute Gasteiger partial charge is 0.396 e. The fourth-order valence-electron chi connectivity index (χ4n) is 2.22. The average Bonchev–Trinajstić information content (AvgIpc) is 2.46. The van der Waals surface area contributed by atoms with Crippen molar-refractivity contribution in [2.24, 2.45) is 23.5 Å². The van der Waals surface area contributed by atoms with Crippen LogP contribution in [-0.4, -0.2) is 17.8 Å². The molecule has 2 aliphatic carbocycles. The molecule has 3 N–H and O–H groups in total. The summed E-state index contributed by atoms with van der Waals surface area (Å²) in [6.45, 7) is 0.257. The normalized spacial score (nSPS) is 50.6. The van der Waals surface area contributed by atoms with Gasteiger partial charge in [0.25, 0.3) is 0 Å². The molecule has 1 fully saturated rings. The number of hydrogen-bond donors (Lipinski definition) is 2. The molecule has 0 spiro atoms. The summed E-state index contributed by atoms with van der Waals surface area (Å²) in [4.78, 5) is 0. The van der Waals surface area contributed by atoms with Gasteiger partial charge in [-0.2, -0.15) is 0 Å². The van der Waals surface area contributed by atoms with Crippen molar-refractivity contribution < 1.29 is 5.11 Å². The summed E-state index contributed by atoms with van der Waals surface area (Å²) in [6.07, 6.45) is 5.57. The van der Waals surface area contributed by atoms with Gasteiger partial charge in [-0.3, -0.25) is 0 Å². The Morgan fingerprint density at radius 3 is 2.50 bits per heavy atom. The Balaban J connectivity index is 2.18. The van der Waals surface area contributed by atoms with Gasteiger partial charge >= 0.3 is 0 Å². The van der Waals surface area contributed by atoms with Crippen molar-refractivity contribution in [3.05, 3.63) is 12.2 Å². The number of rotatable bonds is 1. The molecule has 56 valence electrons. The van der Waals surface area contributed by atoms with E-state index in [2.05, 4.69) is 12.2 Å². The van der Waals surface area contributed by atoms with Gasteiger partial charge in [0.1, 0.15) is 0 Å². The Morgan fingerprint density at radius 1 is 1.40 bits per heavy atom. The molecule has 1 saturated carbocycles. The fourth-order valence-corrected chi connectivity index (χ4v) is 2.22. The third-order valence-corrected chi connectivity index (χ3v) is 2.90. The van der Waals surface area contributed by atoms with Crippen LogP contribution in [0.1, 0.15) is 6.42 Å². The smallest absolute Gasteiger partial charge is 0.0479 e. The van der Waals surface area contributed by atoms with E-state index in [1.807, 2.05) is 0 Å².